The first-order valence-corrected chi connectivity index (χ1v) is 6.44. The van der Waals surface area contributed by atoms with Crippen LogP contribution in [0.1, 0.15) is 32.6 Å². The smallest absolute Gasteiger partial charge is 0.323 e. The van der Waals surface area contributed by atoms with E-state index in [1.807, 2.05) is 0 Å². The number of hydrogen-bond acceptors (Lipinski definition) is 3. The van der Waals surface area contributed by atoms with Crippen molar-refractivity contribution in [2.24, 2.45) is 11.7 Å². The second-order valence-corrected chi connectivity index (χ2v) is 5.13. The molecule has 1 rings (SSSR count). The van der Waals surface area contributed by atoms with E-state index < -0.39 is 24.5 Å². The zero-order valence-corrected chi connectivity index (χ0v) is 11.1. The number of carboxylic acids is 1. The van der Waals surface area contributed by atoms with Crippen LogP contribution in [0, 0.1) is 5.92 Å². The minimum atomic E-state index is -1.17. The molecular weight excluding hydrogens is 250 g/mol. The predicted molar refractivity (Wildman–Crippen MR) is 68.4 cm³/mol. The Labute approximate surface area is 112 Å². The Hall–Kier alpha value is -1.79. The first-order valence-electron chi connectivity index (χ1n) is 6.44. The van der Waals surface area contributed by atoms with Crippen molar-refractivity contribution in [2.45, 2.75) is 38.6 Å². The van der Waals surface area contributed by atoms with E-state index in [9.17, 15) is 14.4 Å². The lowest BCUT2D eigenvalue weighted by Crippen LogP contribution is -2.50. The third-order valence-electron chi connectivity index (χ3n) is 3.22. The number of carboxylic acid groups (broad SMARTS) is 1. The van der Waals surface area contributed by atoms with Crippen LogP contribution in [0.15, 0.2) is 0 Å². The summed E-state index contributed by atoms with van der Waals surface area (Å²) in [5.41, 5.74) is 5.01. The molecular formula is C12H21N3O4. The molecule has 1 saturated carbocycles. The second kappa shape index (κ2) is 6.96. The highest BCUT2D eigenvalue weighted by atomic mass is 16.4. The molecule has 108 valence electrons. The number of amides is 3. The lowest BCUT2D eigenvalue weighted by molar-refractivity contribution is -0.137. The molecule has 1 fully saturated rings. The highest BCUT2D eigenvalue weighted by Gasteiger charge is 2.24. The second-order valence-electron chi connectivity index (χ2n) is 5.13. The summed E-state index contributed by atoms with van der Waals surface area (Å²) in [6.45, 7) is 1.20. The van der Waals surface area contributed by atoms with Gasteiger partial charge in [-0.15, -0.1) is 0 Å². The topological polar surface area (TPSA) is 113 Å². The SMILES string of the molecule is CC1CCCC(NC(=O)N(CC(N)=O)CC(=O)O)C1. The Morgan fingerprint density at radius 3 is 2.53 bits per heavy atom. The highest BCUT2D eigenvalue weighted by Crippen LogP contribution is 2.23. The van der Waals surface area contributed by atoms with Gasteiger partial charge < -0.3 is 21.1 Å². The molecule has 19 heavy (non-hydrogen) atoms. The molecule has 7 heteroatoms. The number of primary amides is 1. The Kier molecular flexibility index (Phi) is 5.59. The minimum Gasteiger partial charge on any atom is -0.480 e. The van der Waals surface area contributed by atoms with Crippen molar-refractivity contribution in [2.75, 3.05) is 13.1 Å². The number of nitrogens with two attached hydrogens (primary N) is 1. The van der Waals surface area contributed by atoms with Gasteiger partial charge in [-0.25, -0.2) is 4.79 Å². The Balaban J connectivity index is 2.55. The molecule has 0 aromatic heterocycles. The van der Waals surface area contributed by atoms with Gasteiger partial charge in [-0.2, -0.15) is 0 Å². The lowest BCUT2D eigenvalue weighted by Gasteiger charge is -2.29. The third-order valence-corrected chi connectivity index (χ3v) is 3.22. The van der Waals surface area contributed by atoms with Gasteiger partial charge in [0.2, 0.25) is 5.91 Å². The quantitative estimate of drug-likeness (QED) is 0.660. The van der Waals surface area contributed by atoms with Gasteiger partial charge in [0.25, 0.3) is 0 Å². The molecule has 1 aliphatic carbocycles. The summed E-state index contributed by atoms with van der Waals surface area (Å²) in [5, 5.41) is 11.5. The number of nitrogens with zero attached hydrogens (tertiary/aromatic N) is 1. The number of urea groups is 1. The first kappa shape index (κ1) is 15.3. The van der Waals surface area contributed by atoms with Crippen LogP contribution in [0.25, 0.3) is 0 Å². The Morgan fingerprint density at radius 2 is 2.00 bits per heavy atom. The van der Waals surface area contributed by atoms with Crippen molar-refractivity contribution in [3.8, 4) is 0 Å². The van der Waals surface area contributed by atoms with Crippen molar-refractivity contribution in [1.29, 1.82) is 0 Å². The molecule has 1 aliphatic rings. The van der Waals surface area contributed by atoms with Gasteiger partial charge in [0.1, 0.15) is 13.1 Å². The summed E-state index contributed by atoms with van der Waals surface area (Å²) in [4.78, 5) is 34.4. The Bertz CT molecular complexity index is 343. The number of carbonyl (C=O) groups excluding carboxylic acids is 2. The summed E-state index contributed by atoms with van der Waals surface area (Å²) in [6, 6.07) is -0.499. The van der Waals surface area contributed by atoms with E-state index in [-0.39, 0.29) is 12.6 Å². The molecule has 0 aromatic carbocycles. The van der Waals surface area contributed by atoms with Gasteiger partial charge in [0, 0.05) is 6.04 Å². The van der Waals surface area contributed by atoms with Crippen molar-refractivity contribution in [1.82, 2.24) is 10.2 Å². The maximum Gasteiger partial charge on any atom is 0.323 e. The zero-order chi connectivity index (χ0) is 14.4. The van der Waals surface area contributed by atoms with E-state index in [4.69, 9.17) is 10.8 Å². The van der Waals surface area contributed by atoms with Crippen molar-refractivity contribution in [3.05, 3.63) is 0 Å². The van der Waals surface area contributed by atoms with Gasteiger partial charge in [-0.3, -0.25) is 9.59 Å². The van der Waals surface area contributed by atoms with Crippen LogP contribution in [0.3, 0.4) is 0 Å². The summed E-state index contributed by atoms with van der Waals surface area (Å²) in [6.07, 6.45) is 3.95. The molecule has 0 heterocycles. The largest absolute Gasteiger partial charge is 0.480 e. The number of aliphatic carboxylic acids is 1. The number of hydrogen-bond donors (Lipinski definition) is 3. The van der Waals surface area contributed by atoms with Crippen LogP contribution in [-0.4, -0.2) is 47.0 Å². The summed E-state index contributed by atoms with van der Waals surface area (Å²) >= 11 is 0. The van der Waals surface area contributed by atoms with E-state index in [1.54, 1.807) is 0 Å². The maximum absolute atomic E-state index is 11.9. The van der Waals surface area contributed by atoms with Crippen LogP contribution in [-0.2, 0) is 9.59 Å². The maximum atomic E-state index is 11.9. The number of rotatable bonds is 5. The van der Waals surface area contributed by atoms with Gasteiger partial charge in [0.05, 0.1) is 0 Å². The summed E-state index contributed by atoms with van der Waals surface area (Å²) < 4.78 is 0. The van der Waals surface area contributed by atoms with E-state index in [1.165, 1.54) is 0 Å². The van der Waals surface area contributed by atoms with Crippen molar-refractivity contribution in [3.63, 3.8) is 0 Å². The fraction of sp³-hybridized carbons (Fsp3) is 0.750. The summed E-state index contributed by atoms with van der Waals surface area (Å²) in [5.74, 6) is -1.36. The van der Waals surface area contributed by atoms with Crippen LogP contribution >= 0.6 is 0 Å². The van der Waals surface area contributed by atoms with Crippen LogP contribution in [0.5, 0.6) is 0 Å². The van der Waals surface area contributed by atoms with E-state index >= 15 is 0 Å². The average Bonchev–Trinajstić information content (AvgIpc) is 2.26. The van der Waals surface area contributed by atoms with Crippen LogP contribution in [0.4, 0.5) is 4.79 Å². The molecule has 0 radical (unpaired) electrons. The standard InChI is InChI=1S/C12H21N3O4/c1-8-3-2-4-9(5-8)14-12(19)15(6-10(13)16)7-11(17)18/h8-9H,2-7H2,1H3,(H2,13,16)(H,14,19)(H,17,18). The minimum absolute atomic E-state index is 0.0421. The average molecular weight is 271 g/mol. The molecule has 0 aromatic rings. The molecule has 4 N–H and O–H groups in total. The van der Waals surface area contributed by atoms with E-state index in [0.29, 0.717) is 5.92 Å². The van der Waals surface area contributed by atoms with Crippen LogP contribution < -0.4 is 11.1 Å². The monoisotopic (exact) mass is 271 g/mol. The molecule has 0 bridgehead atoms. The molecule has 3 amide bonds. The number of nitrogens with one attached hydrogen (secondary N) is 1. The normalized spacial score (nSPS) is 22.6. The van der Waals surface area contributed by atoms with E-state index in [0.717, 1.165) is 30.6 Å². The molecule has 7 nitrogen and oxygen atoms in total. The lowest BCUT2D eigenvalue weighted by atomic mass is 9.87. The molecule has 0 saturated heterocycles. The van der Waals surface area contributed by atoms with Gasteiger partial charge >= 0.3 is 12.0 Å². The summed E-state index contributed by atoms with van der Waals surface area (Å²) in [7, 11) is 0. The third kappa shape index (κ3) is 5.58. The molecule has 2 unspecified atom stereocenters. The van der Waals surface area contributed by atoms with Gasteiger partial charge in [-0.1, -0.05) is 19.8 Å². The number of carbonyl (C=O) groups is 3. The van der Waals surface area contributed by atoms with Gasteiger partial charge in [-0.05, 0) is 18.8 Å². The van der Waals surface area contributed by atoms with Crippen molar-refractivity contribution >= 4 is 17.9 Å². The van der Waals surface area contributed by atoms with Crippen molar-refractivity contribution < 1.29 is 19.5 Å². The molecule has 0 aliphatic heterocycles. The molecule has 2 atom stereocenters. The van der Waals surface area contributed by atoms with Crippen LogP contribution in [0.2, 0.25) is 0 Å². The fourth-order valence-corrected chi connectivity index (χ4v) is 2.38. The zero-order valence-electron chi connectivity index (χ0n) is 11.1. The highest BCUT2D eigenvalue weighted by molar-refractivity contribution is 5.86. The first-order chi connectivity index (χ1) is 8.88. The fourth-order valence-electron chi connectivity index (χ4n) is 2.38. The molecule has 0 spiro atoms. The Morgan fingerprint density at radius 1 is 1.32 bits per heavy atom. The van der Waals surface area contributed by atoms with E-state index in [2.05, 4.69) is 12.2 Å². The van der Waals surface area contributed by atoms with Gasteiger partial charge in [0.15, 0.2) is 0 Å². The predicted octanol–water partition coefficient (Wildman–Crippen LogP) is 0.147.